The zero-order chi connectivity index (χ0) is 16.4. The van der Waals surface area contributed by atoms with Crippen LogP contribution >= 0.6 is 0 Å². The average molecular weight is 325 g/mol. The van der Waals surface area contributed by atoms with Crippen LogP contribution < -0.4 is 14.2 Å². The first-order chi connectivity index (χ1) is 11.7. The van der Waals surface area contributed by atoms with Gasteiger partial charge in [-0.1, -0.05) is 0 Å². The van der Waals surface area contributed by atoms with Crippen molar-refractivity contribution < 1.29 is 19.3 Å². The Labute approximate surface area is 140 Å². The number of aromatic hydroxyl groups is 1. The maximum absolute atomic E-state index is 10.7. The van der Waals surface area contributed by atoms with Crippen LogP contribution in [0.25, 0.3) is 11.1 Å². The van der Waals surface area contributed by atoms with Crippen LogP contribution in [0.4, 0.5) is 0 Å². The fraction of sp³-hybridized carbons (Fsp3) is 0.368. The number of rotatable bonds is 1. The van der Waals surface area contributed by atoms with Gasteiger partial charge < -0.3 is 19.3 Å². The standard InChI is InChI=1S/C19H19NO4/c1-20-4-3-10-7-15-19(24-9-23-15)18-16(10)13(20)6-11-5-12(22-2)8-14(21)17(11)18/h5,7-8,13,21H,3-4,6,9H2,1-2H3. The Balaban J connectivity index is 1.86. The molecule has 1 aliphatic carbocycles. The fourth-order valence-corrected chi connectivity index (χ4v) is 4.31. The molecule has 1 atom stereocenters. The number of nitrogens with zero attached hydrogens (tertiary/aromatic N) is 1. The van der Waals surface area contributed by atoms with E-state index in [2.05, 4.69) is 18.0 Å². The number of ether oxygens (including phenoxy) is 3. The van der Waals surface area contributed by atoms with Crippen LogP contribution in [0.5, 0.6) is 23.0 Å². The second-order valence-electron chi connectivity index (χ2n) is 6.69. The summed E-state index contributed by atoms with van der Waals surface area (Å²) < 4.78 is 16.8. The molecule has 0 bridgehead atoms. The Morgan fingerprint density at radius 1 is 1.17 bits per heavy atom. The lowest BCUT2D eigenvalue weighted by Crippen LogP contribution is -2.35. The van der Waals surface area contributed by atoms with Crippen molar-refractivity contribution in [2.75, 3.05) is 27.5 Å². The number of likely N-dealkylation sites (N-methyl/N-ethyl adjacent to an activating group) is 1. The minimum absolute atomic E-state index is 0.234. The van der Waals surface area contributed by atoms with E-state index in [1.54, 1.807) is 13.2 Å². The highest BCUT2D eigenvalue weighted by Crippen LogP contribution is 2.56. The number of phenols is 1. The van der Waals surface area contributed by atoms with Gasteiger partial charge in [-0.2, -0.15) is 0 Å². The molecular weight excluding hydrogens is 306 g/mol. The SMILES string of the molecule is COc1cc(O)c2c(c1)CC1c3c(cc4c(c3-2)OCO4)CCN1C. The molecule has 1 unspecified atom stereocenters. The van der Waals surface area contributed by atoms with E-state index in [9.17, 15) is 5.11 Å². The number of hydrogen-bond acceptors (Lipinski definition) is 5. The Bertz CT molecular complexity index is 861. The molecule has 5 rings (SSSR count). The van der Waals surface area contributed by atoms with Crippen molar-refractivity contribution in [2.24, 2.45) is 0 Å². The lowest BCUT2D eigenvalue weighted by molar-refractivity contribution is 0.174. The van der Waals surface area contributed by atoms with Gasteiger partial charge in [-0.3, -0.25) is 4.90 Å². The van der Waals surface area contributed by atoms with E-state index in [0.29, 0.717) is 5.75 Å². The molecule has 0 fully saturated rings. The monoisotopic (exact) mass is 325 g/mol. The van der Waals surface area contributed by atoms with Gasteiger partial charge >= 0.3 is 0 Å². The van der Waals surface area contributed by atoms with Crippen molar-refractivity contribution in [3.8, 4) is 34.1 Å². The topological polar surface area (TPSA) is 51.2 Å². The summed E-state index contributed by atoms with van der Waals surface area (Å²) in [6.07, 6.45) is 1.84. The van der Waals surface area contributed by atoms with Crippen molar-refractivity contribution in [3.05, 3.63) is 34.9 Å². The van der Waals surface area contributed by atoms with Crippen LogP contribution in [0.1, 0.15) is 22.7 Å². The molecule has 1 N–H and O–H groups in total. The minimum atomic E-state index is 0.234. The Kier molecular flexibility index (Phi) is 2.80. The van der Waals surface area contributed by atoms with Gasteiger partial charge in [0, 0.05) is 29.8 Å². The number of methoxy groups -OCH3 is 1. The smallest absolute Gasteiger partial charge is 0.231 e. The zero-order valence-corrected chi connectivity index (χ0v) is 13.8. The lowest BCUT2D eigenvalue weighted by atomic mass is 9.76. The molecule has 0 radical (unpaired) electrons. The van der Waals surface area contributed by atoms with Gasteiger partial charge in [-0.15, -0.1) is 0 Å². The molecule has 5 heteroatoms. The molecule has 3 aliphatic rings. The summed E-state index contributed by atoms with van der Waals surface area (Å²) >= 11 is 0. The molecule has 2 aromatic carbocycles. The Morgan fingerprint density at radius 3 is 2.88 bits per heavy atom. The lowest BCUT2D eigenvalue weighted by Gasteiger charge is -2.40. The van der Waals surface area contributed by atoms with E-state index in [-0.39, 0.29) is 18.6 Å². The highest BCUT2D eigenvalue weighted by Gasteiger charge is 2.38. The van der Waals surface area contributed by atoms with Gasteiger partial charge in [0.05, 0.1) is 7.11 Å². The summed E-state index contributed by atoms with van der Waals surface area (Å²) in [6.45, 7) is 1.25. The number of fused-ring (bicyclic) bond motifs is 4. The van der Waals surface area contributed by atoms with Gasteiger partial charge in [0.2, 0.25) is 6.79 Å². The zero-order valence-electron chi connectivity index (χ0n) is 13.8. The molecule has 0 spiro atoms. The molecule has 124 valence electrons. The predicted molar refractivity (Wildman–Crippen MR) is 89.0 cm³/mol. The van der Waals surface area contributed by atoms with Gasteiger partial charge in [-0.25, -0.2) is 0 Å². The van der Waals surface area contributed by atoms with E-state index in [1.165, 1.54) is 11.1 Å². The Hall–Kier alpha value is -2.40. The molecule has 24 heavy (non-hydrogen) atoms. The van der Waals surface area contributed by atoms with Crippen LogP contribution in [-0.2, 0) is 12.8 Å². The summed E-state index contributed by atoms with van der Waals surface area (Å²) in [7, 11) is 3.78. The molecule has 0 saturated heterocycles. The van der Waals surface area contributed by atoms with E-state index in [4.69, 9.17) is 14.2 Å². The van der Waals surface area contributed by atoms with Crippen molar-refractivity contribution in [2.45, 2.75) is 18.9 Å². The highest BCUT2D eigenvalue weighted by atomic mass is 16.7. The summed E-state index contributed by atoms with van der Waals surface area (Å²) in [4.78, 5) is 2.38. The quantitative estimate of drug-likeness (QED) is 0.874. The van der Waals surface area contributed by atoms with Crippen LogP contribution in [0.15, 0.2) is 18.2 Å². The Morgan fingerprint density at radius 2 is 2.04 bits per heavy atom. The van der Waals surface area contributed by atoms with Gasteiger partial charge in [0.1, 0.15) is 11.5 Å². The molecule has 2 heterocycles. The van der Waals surface area contributed by atoms with Crippen molar-refractivity contribution in [1.82, 2.24) is 4.90 Å². The van der Waals surface area contributed by atoms with Gasteiger partial charge in [0.25, 0.3) is 0 Å². The third kappa shape index (κ3) is 1.73. The first-order valence-electron chi connectivity index (χ1n) is 8.23. The molecule has 2 aliphatic heterocycles. The summed E-state index contributed by atoms with van der Waals surface area (Å²) in [5.41, 5.74) is 5.53. The van der Waals surface area contributed by atoms with E-state index in [1.807, 2.05) is 6.07 Å². The largest absolute Gasteiger partial charge is 0.507 e. The molecule has 0 amide bonds. The first-order valence-corrected chi connectivity index (χ1v) is 8.23. The summed E-state index contributed by atoms with van der Waals surface area (Å²) in [6, 6.07) is 6.10. The van der Waals surface area contributed by atoms with Crippen molar-refractivity contribution >= 4 is 0 Å². The number of phenolic OH excluding ortho intramolecular Hbond substituents is 1. The third-order valence-electron chi connectivity index (χ3n) is 5.46. The van der Waals surface area contributed by atoms with Crippen molar-refractivity contribution in [1.29, 1.82) is 0 Å². The maximum Gasteiger partial charge on any atom is 0.231 e. The molecule has 5 nitrogen and oxygen atoms in total. The van der Waals surface area contributed by atoms with Crippen LogP contribution in [-0.4, -0.2) is 37.5 Å². The van der Waals surface area contributed by atoms with Gasteiger partial charge in [-0.05, 0) is 48.7 Å². The molecular formula is C19H19NO4. The summed E-state index contributed by atoms with van der Waals surface area (Å²) in [5, 5.41) is 10.7. The number of benzene rings is 2. The van der Waals surface area contributed by atoms with E-state index < -0.39 is 0 Å². The fourth-order valence-electron chi connectivity index (χ4n) is 4.31. The van der Waals surface area contributed by atoms with E-state index >= 15 is 0 Å². The minimum Gasteiger partial charge on any atom is -0.507 e. The van der Waals surface area contributed by atoms with Crippen LogP contribution in [0, 0.1) is 0 Å². The maximum atomic E-state index is 10.7. The molecule has 0 saturated carbocycles. The van der Waals surface area contributed by atoms with Crippen LogP contribution in [0.3, 0.4) is 0 Å². The highest BCUT2D eigenvalue weighted by molar-refractivity contribution is 5.87. The normalized spacial score (nSPS) is 20.5. The second kappa shape index (κ2) is 4.80. The van der Waals surface area contributed by atoms with E-state index in [0.717, 1.165) is 47.6 Å². The molecule has 2 aromatic rings. The summed E-state index contributed by atoms with van der Waals surface area (Å²) in [5.74, 6) is 2.46. The van der Waals surface area contributed by atoms with Crippen LogP contribution in [0.2, 0.25) is 0 Å². The second-order valence-corrected chi connectivity index (χ2v) is 6.69. The third-order valence-corrected chi connectivity index (χ3v) is 5.46. The van der Waals surface area contributed by atoms with Gasteiger partial charge in [0.15, 0.2) is 11.5 Å². The number of hydrogen-bond donors (Lipinski definition) is 1. The predicted octanol–water partition coefficient (Wildman–Crippen LogP) is 2.88. The average Bonchev–Trinajstić information content (AvgIpc) is 3.05. The van der Waals surface area contributed by atoms with Crippen molar-refractivity contribution in [3.63, 3.8) is 0 Å². The first kappa shape index (κ1) is 14.0. The molecule has 0 aromatic heterocycles.